The molecule has 0 spiro atoms. The number of aliphatic hydroxyl groups excluding tert-OH is 1. The fourth-order valence-corrected chi connectivity index (χ4v) is 3.34. The highest BCUT2D eigenvalue weighted by Crippen LogP contribution is 2.20. The van der Waals surface area contributed by atoms with Crippen molar-refractivity contribution in [1.29, 1.82) is 0 Å². The molecule has 3 aromatic carbocycles. The third-order valence-corrected chi connectivity index (χ3v) is 4.74. The van der Waals surface area contributed by atoms with Gasteiger partial charge in [-0.1, -0.05) is 72.8 Å². The zero-order valence-corrected chi connectivity index (χ0v) is 16.3. The minimum Gasteiger partial charge on any atom is -0.391 e. The van der Waals surface area contributed by atoms with Crippen LogP contribution >= 0.6 is 12.4 Å². The van der Waals surface area contributed by atoms with Crippen LogP contribution in [0.5, 0.6) is 0 Å². The van der Waals surface area contributed by atoms with Crippen molar-refractivity contribution in [3.8, 4) is 0 Å². The van der Waals surface area contributed by atoms with Crippen LogP contribution in [0.4, 0.5) is 0 Å². The van der Waals surface area contributed by atoms with Crippen LogP contribution in [0.2, 0.25) is 0 Å². The molecular formula is C23H28ClNO. The number of rotatable bonds is 7. The maximum atomic E-state index is 10.7. The molecule has 0 saturated carbocycles. The molecule has 0 amide bonds. The molecule has 3 aromatic rings. The van der Waals surface area contributed by atoms with Gasteiger partial charge in [0.05, 0.1) is 6.10 Å². The molecular weight excluding hydrogens is 342 g/mol. The van der Waals surface area contributed by atoms with E-state index in [0.717, 1.165) is 6.54 Å². The van der Waals surface area contributed by atoms with E-state index in [1.165, 1.54) is 21.9 Å². The normalized spacial score (nSPS) is 12.3. The highest BCUT2D eigenvalue weighted by molar-refractivity contribution is 5.86. The van der Waals surface area contributed by atoms with Gasteiger partial charge in [0.2, 0.25) is 0 Å². The second kappa shape index (κ2) is 9.72. The van der Waals surface area contributed by atoms with Crippen molar-refractivity contribution in [3.63, 3.8) is 0 Å². The zero-order chi connectivity index (χ0) is 17.6. The second-order valence-electron chi connectivity index (χ2n) is 7.01. The Morgan fingerprint density at radius 2 is 1.50 bits per heavy atom. The van der Waals surface area contributed by atoms with Crippen LogP contribution in [0.1, 0.15) is 25.0 Å². The summed E-state index contributed by atoms with van der Waals surface area (Å²) in [6.45, 7) is 5.92. The summed E-state index contributed by atoms with van der Waals surface area (Å²) < 4.78 is 0. The molecule has 0 fully saturated rings. The van der Waals surface area contributed by atoms with Gasteiger partial charge in [-0.25, -0.2) is 0 Å². The van der Waals surface area contributed by atoms with Crippen molar-refractivity contribution in [2.24, 2.45) is 0 Å². The molecule has 1 atom stereocenters. The molecule has 1 unspecified atom stereocenters. The maximum Gasteiger partial charge on any atom is 0.0707 e. The Hall–Kier alpha value is -1.87. The molecule has 0 radical (unpaired) electrons. The van der Waals surface area contributed by atoms with Crippen molar-refractivity contribution >= 4 is 23.2 Å². The van der Waals surface area contributed by atoms with Gasteiger partial charge in [0, 0.05) is 25.6 Å². The maximum absolute atomic E-state index is 10.7. The summed E-state index contributed by atoms with van der Waals surface area (Å²) in [6, 6.07) is 25.6. The summed E-state index contributed by atoms with van der Waals surface area (Å²) in [5, 5.41) is 13.2. The fraction of sp³-hybridized carbons (Fsp3) is 0.304. The third kappa shape index (κ3) is 5.31. The lowest BCUT2D eigenvalue weighted by molar-refractivity contribution is 0.0910. The molecule has 0 aliphatic carbocycles. The Labute approximate surface area is 162 Å². The Morgan fingerprint density at radius 3 is 2.23 bits per heavy atom. The van der Waals surface area contributed by atoms with E-state index in [1.54, 1.807) is 0 Å². The van der Waals surface area contributed by atoms with Crippen molar-refractivity contribution in [3.05, 3.63) is 83.9 Å². The molecule has 0 aliphatic heterocycles. The number of fused-ring (bicyclic) bond motifs is 1. The summed E-state index contributed by atoms with van der Waals surface area (Å²) in [6.07, 6.45) is 0.302. The van der Waals surface area contributed by atoms with Gasteiger partial charge in [-0.2, -0.15) is 0 Å². The number of benzene rings is 3. The summed E-state index contributed by atoms with van der Waals surface area (Å²) in [4.78, 5) is 2.34. The molecule has 0 bridgehead atoms. The molecule has 3 heteroatoms. The average molecular weight is 370 g/mol. The van der Waals surface area contributed by atoms with Gasteiger partial charge in [-0.15, -0.1) is 12.4 Å². The van der Waals surface area contributed by atoms with Crippen LogP contribution in [0.3, 0.4) is 0 Å². The van der Waals surface area contributed by atoms with E-state index in [1.807, 2.05) is 6.07 Å². The van der Waals surface area contributed by atoms with E-state index in [9.17, 15) is 5.11 Å². The molecule has 3 rings (SSSR count). The third-order valence-electron chi connectivity index (χ3n) is 4.74. The predicted molar refractivity (Wildman–Crippen MR) is 113 cm³/mol. The minimum absolute atomic E-state index is 0. The number of aliphatic hydroxyl groups is 1. The molecule has 0 saturated heterocycles. The number of hydrogen-bond donors (Lipinski definition) is 1. The largest absolute Gasteiger partial charge is 0.391 e. The topological polar surface area (TPSA) is 23.5 Å². The summed E-state index contributed by atoms with van der Waals surface area (Å²) >= 11 is 0. The molecule has 0 heterocycles. The molecule has 1 N–H and O–H groups in total. The SMILES string of the molecule is CC(C)N(Cc1ccccc1)CC(O)Cc1cccc2ccccc12.Cl. The van der Waals surface area contributed by atoms with E-state index in [2.05, 4.69) is 85.5 Å². The van der Waals surface area contributed by atoms with Gasteiger partial charge in [0.1, 0.15) is 0 Å². The smallest absolute Gasteiger partial charge is 0.0707 e. The van der Waals surface area contributed by atoms with Crippen LogP contribution in [-0.2, 0) is 13.0 Å². The average Bonchev–Trinajstić information content (AvgIpc) is 2.62. The highest BCUT2D eigenvalue weighted by Gasteiger charge is 2.16. The van der Waals surface area contributed by atoms with Gasteiger partial charge in [0.25, 0.3) is 0 Å². The van der Waals surface area contributed by atoms with E-state index < -0.39 is 0 Å². The quantitative estimate of drug-likeness (QED) is 0.628. The Balaban J connectivity index is 0.00000243. The van der Waals surface area contributed by atoms with Crippen molar-refractivity contribution < 1.29 is 5.11 Å². The van der Waals surface area contributed by atoms with Crippen molar-refractivity contribution in [2.75, 3.05) is 6.54 Å². The number of hydrogen-bond acceptors (Lipinski definition) is 2. The molecule has 0 aromatic heterocycles. The zero-order valence-electron chi connectivity index (χ0n) is 15.5. The molecule has 138 valence electrons. The first-order valence-corrected chi connectivity index (χ1v) is 9.06. The van der Waals surface area contributed by atoms with Gasteiger partial charge in [0.15, 0.2) is 0 Å². The van der Waals surface area contributed by atoms with Crippen LogP contribution in [0.15, 0.2) is 72.8 Å². The van der Waals surface area contributed by atoms with Gasteiger partial charge < -0.3 is 5.11 Å². The lowest BCUT2D eigenvalue weighted by Crippen LogP contribution is -2.37. The first-order chi connectivity index (χ1) is 12.1. The van der Waals surface area contributed by atoms with Gasteiger partial charge >= 0.3 is 0 Å². The highest BCUT2D eigenvalue weighted by atomic mass is 35.5. The van der Waals surface area contributed by atoms with E-state index >= 15 is 0 Å². The van der Waals surface area contributed by atoms with E-state index in [0.29, 0.717) is 19.0 Å². The lowest BCUT2D eigenvalue weighted by Gasteiger charge is -2.29. The van der Waals surface area contributed by atoms with Crippen molar-refractivity contribution in [1.82, 2.24) is 4.90 Å². The van der Waals surface area contributed by atoms with Crippen LogP contribution in [-0.4, -0.2) is 28.7 Å². The standard InChI is InChI=1S/C23H27NO.ClH/c1-18(2)24(16-19-9-4-3-5-10-19)17-22(25)15-21-13-8-12-20-11-6-7-14-23(20)21;/h3-14,18,22,25H,15-17H2,1-2H3;1H. The summed E-state index contributed by atoms with van der Waals surface area (Å²) in [7, 11) is 0. The summed E-state index contributed by atoms with van der Waals surface area (Å²) in [5.41, 5.74) is 2.50. The summed E-state index contributed by atoms with van der Waals surface area (Å²) in [5.74, 6) is 0. The molecule has 2 nitrogen and oxygen atoms in total. The van der Waals surface area contributed by atoms with E-state index in [-0.39, 0.29) is 18.5 Å². The Bertz CT molecular complexity index is 798. The molecule has 26 heavy (non-hydrogen) atoms. The minimum atomic E-state index is -0.378. The van der Waals surface area contributed by atoms with Gasteiger partial charge in [-0.3, -0.25) is 4.90 Å². The second-order valence-corrected chi connectivity index (χ2v) is 7.01. The van der Waals surface area contributed by atoms with Crippen LogP contribution in [0.25, 0.3) is 10.8 Å². The van der Waals surface area contributed by atoms with Gasteiger partial charge in [-0.05, 0) is 35.7 Å². The Kier molecular flexibility index (Phi) is 7.65. The number of nitrogens with zero attached hydrogens (tertiary/aromatic N) is 1. The predicted octanol–water partition coefficient (Wildman–Crippen LogP) is 5.08. The lowest BCUT2D eigenvalue weighted by atomic mass is 9.99. The Morgan fingerprint density at radius 1 is 0.846 bits per heavy atom. The fourth-order valence-electron chi connectivity index (χ4n) is 3.34. The molecule has 0 aliphatic rings. The monoisotopic (exact) mass is 369 g/mol. The first-order valence-electron chi connectivity index (χ1n) is 9.06. The number of halogens is 1. The van der Waals surface area contributed by atoms with Crippen LogP contribution in [0, 0.1) is 0 Å². The van der Waals surface area contributed by atoms with Crippen molar-refractivity contribution in [2.45, 2.75) is 39.0 Å². The van der Waals surface area contributed by atoms with E-state index in [4.69, 9.17) is 0 Å². The first kappa shape index (κ1) is 20.4. The van der Waals surface area contributed by atoms with Crippen LogP contribution < -0.4 is 0 Å².